The Balaban J connectivity index is 1.89. The van der Waals surface area contributed by atoms with Crippen LogP contribution in [0.15, 0.2) is 42.5 Å². The van der Waals surface area contributed by atoms with Gasteiger partial charge in [0.1, 0.15) is 5.75 Å². The second-order valence-corrected chi connectivity index (χ2v) is 5.74. The molecule has 0 fully saturated rings. The van der Waals surface area contributed by atoms with Crippen LogP contribution in [0.3, 0.4) is 0 Å². The van der Waals surface area contributed by atoms with E-state index in [4.69, 9.17) is 23.2 Å². The van der Waals surface area contributed by atoms with Crippen LogP contribution in [-0.4, -0.2) is 16.1 Å². The van der Waals surface area contributed by atoms with Gasteiger partial charge in [0.15, 0.2) is 0 Å². The minimum Gasteiger partial charge on any atom is -0.508 e. The number of carbonyl (C=O) groups excluding carboxylic acids is 1. The lowest BCUT2D eigenvalue weighted by Crippen LogP contribution is -2.24. The Morgan fingerprint density at radius 2 is 1.68 bits per heavy atom. The van der Waals surface area contributed by atoms with Gasteiger partial charge in [0, 0.05) is 16.6 Å². The zero-order valence-electron chi connectivity index (χ0n) is 11.6. The minimum absolute atomic E-state index is 0.0885. The summed E-state index contributed by atoms with van der Waals surface area (Å²) in [4.78, 5) is 11.9. The number of carbonyl (C=O) groups is 1. The number of aliphatic hydroxyl groups is 1. The number of hydrogen-bond donors (Lipinski definition) is 3. The Bertz CT molecular complexity index is 639. The Kier molecular flexibility index (Phi) is 5.66. The number of rotatable bonds is 5. The van der Waals surface area contributed by atoms with Crippen molar-refractivity contribution >= 4 is 29.1 Å². The van der Waals surface area contributed by atoms with Crippen molar-refractivity contribution in [2.45, 2.75) is 19.1 Å². The summed E-state index contributed by atoms with van der Waals surface area (Å²) in [5.74, 6) is -0.125. The molecule has 1 unspecified atom stereocenters. The molecule has 6 heteroatoms. The highest BCUT2D eigenvalue weighted by molar-refractivity contribution is 6.34. The average molecular weight is 340 g/mol. The van der Waals surface area contributed by atoms with Crippen molar-refractivity contribution < 1.29 is 15.0 Å². The quantitative estimate of drug-likeness (QED) is 0.781. The third-order valence-electron chi connectivity index (χ3n) is 3.07. The first kappa shape index (κ1) is 16.6. The van der Waals surface area contributed by atoms with Crippen LogP contribution in [-0.2, 0) is 11.3 Å². The number of nitrogens with one attached hydrogen (secondary N) is 1. The van der Waals surface area contributed by atoms with Gasteiger partial charge in [-0.1, -0.05) is 35.3 Å². The van der Waals surface area contributed by atoms with Gasteiger partial charge in [-0.15, -0.1) is 0 Å². The molecule has 2 aromatic rings. The maximum atomic E-state index is 11.9. The number of aromatic hydroxyl groups is 1. The van der Waals surface area contributed by atoms with Crippen molar-refractivity contribution in [1.82, 2.24) is 5.32 Å². The molecule has 1 amide bonds. The van der Waals surface area contributed by atoms with Crippen molar-refractivity contribution in [3.63, 3.8) is 0 Å². The summed E-state index contributed by atoms with van der Waals surface area (Å²) in [6.45, 7) is 0.322. The van der Waals surface area contributed by atoms with Gasteiger partial charge in [0.05, 0.1) is 12.5 Å². The van der Waals surface area contributed by atoms with Gasteiger partial charge in [-0.3, -0.25) is 4.79 Å². The molecule has 0 aliphatic carbocycles. The fraction of sp³-hybridized carbons (Fsp3) is 0.188. The first-order valence-corrected chi connectivity index (χ1v) is 7.38. The molecule has 22 heavy (non-hydrogen) atoms. The van der Waals surface area contributed by atoms with Crippen molar-refractivity contribution in [3.05, 3.63) is 63.6 Å². The molecule has 2 aromatic carbocycles. The summed E-state index contributed by atoms with van der Waals surface area (Å²) in [5.41, 5.74) is 1.35. The fourth-order valence-electron chi connectivity index (χ4n) is 1.95. The summed E-state index contributed by atoms with van der Waals surface area (Å²) in [6, 6.07) is 11.2. The highest BCUT2D eigenvalue weighted by Crippen LogP contribution is 2.25. The van der Waals surface area contributed by atoms with Crippen LogP contribution in [0.2, 0.25) is 10.0 Å². The van der Waals surface area contributed by atoms with Crippen molar-refractivity contribution in [2.75, 3.05) is 0 Å². The first-order chi connectivity index (χ1) is 10.4. The maximum Gasteiger partial charge on any atom is 0.223 e. The van der Waals surface area contributed by atoms with Crippen LogP contribution in [0.25, 0.3) is 0 Å². The smallest absolute Gasteiger partial charge is 0.223 e. The van der Waals surface area contributed by atoms with E-state index < -0.39 is 6.10 Å². The highest BCUT2D eigenvalue weighted by Gasteiger charge is 2.14. The molecule has 0 saturated carbocycles. The van der Waals surface area contributed by atoms with E-state index in [1.807, 2.05) is 0 Å². The summed E-state index contributed by atoms with van der Waals surface area (Å²) in [6.07, 6.45) is -1.06. The van der Waals surface area contributed by atoms with Gasteiger partial charge < -0.3 is 15.5 Å². The van der Waals surface area contributed by atoms with Gasteiger partial charge in [0.2, 0.25) is 5.91 Å². The highest BCUT2D eigenvalue weighted by atomic mass is 35.5. The summed E-state index contributed by atoms with van der Waals surface area (Å²) in [7, 11) is 0. The Hall–Kier alpha value is -1.75. The van der Waals surface area contributed by atoms with E-state index in [0.717, 1.165) is 5.56 Å². The molecule has 4 nitrogen and oxygen atoms in total. The van der Waals surface area contributed by atoms with E-state index in [2.05, 4.69) is 5.32 Å². The molecule has 0 aliphatic rings. The lowest BCUT2D eigenvalue weighted by atomic mass is 10.1. The van der Waals surface area contributed by atoms with Gasteiger partial charge in [-0.2, -0.15) is 0 Å². The number of amides is 1. The number of aliphatic hydroxyl groups excluding tert-OH is 1. The molecule has 0 aromatic heterocycles. The third kappa shape index (κ3) is 4.91. The molecule has 2 rings (SSSR count). The molecule has 0 heterocycles. The van der Waals surface area contributed by atoms with Gasteiger partial charge in [-0.25, -0.2) is 0 Å². The topological polar surface area (TPSA) is 69.6 Å². The molecule has 3 N–H and O–H groups in total. The minimum atomic E-state index is -0.976. The summed E-state index contributed by atoms with van der Waals surface area (Å²) < 4.78 is 0. The number of phenols is 1. The number of benzene rings is 2. The van der Waals surface area contributed by atoms with Crippen LogP contribution in [0.1, 0.15) is 23.7 Å². The van der Waals surface area contributed by atoms with Crippen molar-refractivity contribution in [2.24, 2.45) is 0 Å². The number of halogens is 2. The standard InChI is InChI=1S/C16H15Cl2NO3/c17-12-5-11(6-13(18)7-12)15(21)8-16(22)19-9-10-1-3-14(20)4-2-10/h1-7,15,20-21H,8-9H2,(H,19,22). The lowest BCUT2D eigenvalue weighted by Gasteiger charge is -2.12. The second-order valence-electron chi connectivity index (χ2n) is 4.87. The summed E-state index contributed by atoms with van der Waals surface area (Å²) in [5, 5.41) is 22.8. The average Bonchev–Trinajstić information content (AvgIpc) is 2.45. The molecule has 116 valence electrons. The maximum absolute atomic E-state index is 11.9. The van der Waals surface area contributed by atoms with Gasteiger partial charge >= 0.3 is 0 Å². The summed E-state index contributed by atoms with van der Waals surface area (Å²) >= 11 is 11.7. The molecule has 1 atom stereocenters. The second kappa shape index (κ2) is 7.49. The molecule has 0 radical (unpaired) electrons. The van der Waals surface area contributed by atoms with Crippen LogP contribution >= 0.6 is 23.2 Å². The van der Waals surface area contributed by atoms with Gasteiger partial charge in [-0.05, 0) is 41.5 Å². The van der Waals surface area contributed by atoms with E-state index in [9.17, 15) is 15.0 Å². The number of hydrogen-bond acceptors (Lipinski definition) is 3. The Morgan fingerprint density at radius 1 is 1.09 bits per heavy atom. The largest absolute Gasteiger partial charge is 0.508 e. The predicted octanol–water partition coefficient (Wildman–Crippen LogP) is 3.44. The predicted molar refractivity (Wildman–Crippen MR) is 86.0 cm³/mol. The number of phenolic OH excluding ortho intramolecular Hbond substituents is 1. The normalized spacial score (nSPS) is 12.0. The Labute approximate surface area is 138 Å². The van der Waals surface area contributed by atoms with Crippen LogP contribution in [0.5, 0.6) is 5.75 Å². The SMILES string of the molecule is O=C(CC(O)c1cc(Cl)cc(Cl)c1)NCc1ccc(O)cc1. The van der Waals surface area contributed by atoms with Crippen LogP contribution < -0.4 is 5.32 Å². The fourth-order valence-corrected chi connectivity index (χ4v) is 2.49. The van der Waals surface area contributed by atoms with E-state index in [1.54, 1.807) is 42.5 Å². The Morgan fingerprint density at radius 3 is 2.27 bits per heavy atom. The zero-order chi connectivity index (χ0) is 16.1. The first-order valence-electron chi connectivity index (χ1n) is 6.62. The van der Waals surface area contributed by atoms with E-state index in [1.165, 1.54) is 0 Å². The molecule has 0 spiro atoms. The lowest BCUT2D eigenvalue weighted by molar-refractivity contribution is -0.123. The molecule has 0 saturated heterocycles. The van der Waals surface area contributed by atoms with Crippen molar-refractivity contribution in [3.8, 4) is 5.75 Å². The van der Waals surface area contributed by atoms with E-state index in [-0.39, 0.29) is 18.1 Å². The van der Waals surface area contributed by atoms with E-state index >= 15 is 0 Å². The van der Waals surface area contributed by atoms with Crippen LogP contribution in [0.4, 0.5) is 0 Å². The third-order valence-corrected chi connectivity index (χ3v) is 3.51. The zero-order valence-corrected chi connectivity index (χ0v) is 13.1. The van der Waals surface area contributed by atoms with E-state index in [0.29, 0.717) is 22.2 Å². The molecule has 0 aliphatic heterocycles. The molecular weight excluding hydrogens is 325 g/mol. The van der Waals surface area contributed by atoms with Crippen molar-refractivity contribution in [1.29, 1.82) is 0 Å². The van der Waals surface area contributed by atoms with Gasteiger partial charge in [0.25, 0.3) is 0 Å². The molecular formula is C16H15Cl2NO3. The molecule has 0 bridgehead atoms. The van der Waals surface area contributed by atoms with Crippen LogP contribution in [0, 0.1) is 0 Å². The monoisotopic (exact) mass is 339 g/mol.